The molecule has 0 aliphatic rings. The Bertz CT molecular complexity index is 463. The molecule has 0 atom stereocenters. The van der Waals surface area contributed by atoms with Crippen molar-refractivity contribution in [3.63, 3.8) is 0 Å². The van der Waals surface area contributed by atoms with Gasteiger partial charge < -0.3 is 5.73 Å². The van der Waals surface area contributed by atoms with Crippen molar-refractivity contribution < 1.29 is 18.0 Å². The second-order valence-electron chi connectivity index (χ2n) is 4.89. The number of anilines is 1. The average molecular weight is 277 g/mol. The first-order valence-corrected chi connectivity index (χ1v) is 6.02. The molecule has 0 bridgehead atoms. The van der Waals surface area contributed by atoms with E-state index in [1.165, 1.54) is 6.07 Å². The molecule has 0 radical (unpaired) electrons. The van der Waals surface area contributed by atoms with Crippen LogP contribution in [0.25, 0.3) is 0 Å². The first-order valence-electron chi connectivity index (χ1n) is 5.21. The van der Waals surface area contributed by atoms with Gasteiger partial charge in [0.05, 0.1) is 5.56 Å². The van der Waals surface area contributed by atoms with Gasteiger partial charge in [0.15, 0.2) is 5.12 Å². The molecule has 0 saturated heterocycles. The number of hydrogen-bond acceptors (Lipinski definition) is 3. The first-order chi connectivity index (χ1) is 8.01. The molecule has 0 aliphatic carbocycles. The molecule has 0 saturated carbocycles. The van der Waals surface area contributed by atoms with E-state index in [9.17, 15) is 18.0 Å². The third-order valence-corrected chi connectivity index (χ3v) is 3.54. The minimum Gasteiger partial charge on any atom is -0.398 e. The Morgan fingerprint density at radius 2 is 1.78 bits per heavy atom. The SMILES string of the molecule is CC(C)(C)C(=O)Sc1ccc(C(F)(F)F)cc1N. The quantitative estimate of drug-likeness (QED) is 0.624. The van der Waals surface area contributed by atoms with Gasteiger partial charge in [0.25, 0.3) is 0 Å². The van der Waals surface area contributed by atoms with Crippen molar-refractivity contribution in [2.75, 3.05) is 5.73 Å². The van der Waals surface area contributed by atoms with Gasteiger partial charge in [-0.05, 0) is 30.0 Å². The Morgan fingerprint density at radius 3 is 2.17 bits per heavy atom. The topological polar surface area (TPSA) is 43.1 Å². The summed E-state index contributed by atoms with van der Waals surface area (Å²) in [4.78, 5) is 12.1. The Hall–Kier alpha value is -1.17. The molecule has 1 rings (SSSR count). The summed E-state index contributed by atoms with van der Waals surface area (Å²) in [7, 11) is 0. The molecule has 2 N–H and O–H groups in total. The van der Waals surface area contributed by atoms with Crippen LogP contribution in [0.1, 0.15) is 26.3 Å². The summed E-state index contributed by atoms with van der Waals surface area (Å²) >= 11 is 0.865. The number of halogens is 3. The summed E-state index contributed by atoms with van der Waals surface area (Å²) < 4.78 is 37.3. The lowest BCUT2D eigenvalue weighted by Crippen LogP contribution is -2.16. The summed E-state index contributed by atoms with van der Waals surface area (Å²) in [5, 5.41) is -0.144. The highest BCUT2D eigenvalue weighted by Gasteiger charge is 2.31. The molecule has 0 spiro atoms. The second kappa shape index (κ2) is 4.84. The smallest absolute Gasteiger partial charge is 0.398 e. The molecule has 0 heterocycles. The number of hydrogen-bond donors (Lipinski definition) is 1. The third-order valence-electron chi connectivity index (χ3n) is 2.15. The Balaban J connectivity index is 2.98. The molecule has 2 nitrogen and oxygen atoms in total. The van der Waals surface area contributed by atoms with E-state index in [0.29, 0.717) is 4.90 Å². The zero-order valence-electron chi connectivity index (χ0n) is 10.3. The van der Waals surface area contributed by atoms with Gasteiger partial charge in [-0.1, -0.05) is 20.8 Å². The highest BCUT2D eigenvalue weighted by Crippen LogP contribution is 2.36. The lowest BCUT2D eigenvalue weighted by Gasteiger charge is -2.16. The minimum absolute atomic E-state index is 0.0348. The fourth-order valence-corrected chi connectivity index (χ4v) is 1.89. The number of benzene rings is 1. The van der Waals surface area contributed by atoms with Gasteiger partial charge >= 0.3 is 6.18 Å². The van der Waals surface area contributed by atoms with Crippen LogP contribution in [0.5, 0.6) is 0 Å². The van der Waals surface area contributed by atoms with Crippen molar-refractivity contribution in [3.8, 4) is 0 Å². The van der Waals surface area contributed by atoms with Crippen LogP contribution in [0, 0.1) is 5.41 Å². The maximum atomic E-state index is 12.4. The van der Waals surface area contributed by atoms with E-state index in [2.05, 4.69) is 0 Å². The van der Waals surface area contributed by atoms with Crippen LogP contribution in [0.4, 0.5) is 18.9 Å². The Labute approximate surface area is 108 Å². The fourth-order valence-electron chi connectivity index (χ4n) is 1.07. The molecular formula is C12H14F3NOS. The van der Waals surface area contributed by atoms with E-state index in [1.54, 1.807) is 20.8 Å². The van der Waals surface area contributed by atoms with E-state index in [1.807, 2.05) is 0 Å². The summed E-state index contributed by atoms with van der Waals surface area (Å²) in [6.45, 7) is 5.22. The van der Waals surface area contributed by atoms with Crippen molar-refractivity contribution in [2.24, 2.45) is 5.41 Å². The van der Waals surface area contributed by atoms with Crippen molar-refractivity contribution >= 4 is 22.6 Å². The molecule has 0 fully saturated rings. The molecule has 18 heavy (non-hydrogen) atoms. The summed E-state index contributed by atoms with van der Waals surface area (Å²) in [5.74, 6) is 0. The number of carbonyl (C=O) groups excluding carboxylic acids is 1. The summed E-state index contributed by atoms with van der Waals surface area (Å²) in [5.41, 5.74) is 4.12. The van der Waals surface area contributed by atoms with Crippen molar-refractivity contribution in [1.29, 1.82) is 0 Å². The maximum Gasteiger partial charge on any atom is 0.416 e. The van der Waals surface area contributed by atoms with E-state index in [4.69, 9.17) is 5.73 Å². The third kappa shape index (κ3) is 3.66. The van der Waals surface area contributed by atoms with Crippen molar-refractivity contribution in [3.05, 3.63) is 23.8 Å². The van der Waals surface area contributed by atoms with Crippen molar-refractivity contribution in [2.45, 2.75) is 31.8 Å². The Morgan fingerprint density at radius 1 is 1.22 bits per heavy atom. The van der Waals surface area contributed by atoms with Crippen LogP contribution in [-0.4, -0.2) is 5.12 Å². The van der Waals surface area contributed by atoms with Crippen LogP contribution in [-0.2, 0) is 11.0 Å². The van der Waals surface area contributed by atoms with Crippen molar-refractivity contribution in [1.82, 2.24) is 0 Å². The van der Waals surface area contributed by atoms with Gasteiger partial charge in [0, 0.05) is 16.0 Å². The molecule has 0 aliphatic heterocycles. The monoisotopic (exact) mass is 277 g/mol. The number of rotatable bonds is 1. The number of nitrogens with two attached hydrogens (primary N) is 1. The van der Waals surface area contributed by atoms with Crippen LogP contribution in [0.2, 0.25) is 0 Å². The highest BCUT2D eigenvalue weighted by molar-refractivity contribution is 8.13. The largest absolute Gasteiger partial charge is 0.416 e. The molecule has 0 aromatic heterocycles. The number of nitrogen functional groups attached to an aromatic ring is 1. The normalized spacial score (nSPS) is 12.6. The molecule has 0 unspecified atom stereocenters. The molecule has 100 valence electrons. The molecule has 1 aromatic carbocycles. The zero-order valence-corrected chi connectivity index (χ0v) is 11.1. The van der Waals surface area contributed by atoms with Gasteiger partial charge in [-0.15, -0.1) is 0 Å². The van der Waals surface area contributed by atoms with Gasteiger partial charge in [-0.3, -0.25) is 4.79 Å². The van der Waals surface area contributed by atoms with Crippen LogP contribution in [0.15, 0.2) is 23.1 Å². The van der Waals surface area contributed by atoms with Gasteiger partial charge in [-0.25, -0.2) is 0 Å². The van der Waals surface area contributed by atoms with Gasteiger partial charge in [0.2, 0.25) is 0 Å². The number of thioether (sulfide) groups is 1. The van der Waals surface area contributed by atoms with Crippen LogP contribution >= 0.6 is 11.8 Å². The van der Waals surface area contributed by atoms with E-state index in [0.717, 1.165) is 23.9 Å². The molecular weight excluding hydrogens is 263 g/mol. The average Bonchev–Trinajstić information content (AvgIpc) is 2.17. The standard InChI is InChI=1S/C12H14F3NOS/c1-11(2,3)10(17)18-9-5-4-7(6-8(9)16)12(13,14)15/h4-6H,16H2,1-3H3. The predicted molar refractivity (Wildman–Crippen MR) is 66.2 cm³/mol. The fraction of sp³-hybridized carbons (Fsp3) is 0.417. The Kier molecular flexibility index (Phi) is 4.00. The second-order valence-corrected chi connectivity index (χ2v) is 5.90. The molecule has 1 aromatic rings. The number of alkyl halides is 3. The van der Waals surface area contributed by atoms with E-state index < -0.39 is 17.2 Å². The molecule has 6 heteroatoms. The lowest BCUT2D eigenvalue weighted by atomic mass is 10.00. The first kappa shape index (κ1) is 14.9. The summed E-state index contributed by atoms with van der Waals surface area (Å²) in [6, 6.07) is 3.00. The van der Waals surface area contributed by atoms with E-state index >= 15 is 0 Å². The van der Waals surface area contributed by atoms with Crippen LogP contribution in [0.3, 0.4) is 0 Å². The molecule has 0 amide bonds. The number of carbonyl (C=O) groups is 1. The van der Waals surface area contributed by atoms with Gasteiger partial charge in [0.1, 0.15) is 0 Å². The van der Waals surface area contributed by atoms with Crippen LogP contribution < -0.4 is 5.73 Å². The summed E-state index contributed by atoms with van der Waals surface area (Å²) in [6.07, 6.45) is -4.43. The van der Waals surface area contributed by atoms with Gasteiger partial charge in [-0.2, -0.15) is 13.2 Å². The highest BCUT2D eigenvalue weighted by atomic mass is 32.2. The van der Waals surface area contributed by atoms with E-state index in [-0.39, 0.29) is 10.8 Å². The zero-order chi connectivity index (χ0) is 14.1. The minimum atomic E-state index is -4.43. The maximum absolute atomic E-state index is 12.4. The lowest BCUT2D eigenvalue weighted by molar-refractivity contribution is -0.137. The predicted octanol–water partition coefficient (Wildman–Crippen LogP) is 3.95.